The van der Waals surface area contributed by atoms with Gasteiger partial charge in [0.1, 0.15) is 6.10 Å². The molecule has 1 amide bonds. The van der Waals surface area contributed by atoms with Crippen LogP contribution in [0.2, 0.25) is 0 Å². The third kappa shape index (κ3) is 5.09. The highest BCUT2D eigenvalue weighted by Gasteiger charge is 2.29. The number of piperidine rings is 1. The lowest BCUT2D eigenvalue weighted by atomic mass is 10.0. The minimum Gasteiger partial charge on any atom is -0.372 e. The zero-order chi connectivity index (χ0) is 14.4. The molecule has 0 saturated carbocycles. The Bertz CT molecular complexity index is 276. The maximum absolute atomic E-state index is 12.4. The van der Waals surface area contributed by atoms with Crippen molar-refractivity contribution in [1.82, 2.24) is 14.7 Å². The van der Waals surface area contributed by atoms with Crippen LogP contribution in [0.3, 0.4) is 0 Å². The van der Waals surface area contributed by atoms with Crippen molar-refractivity contribution >= 4 is 5.91 Å². The van der Waals surface area contributed by atoms with E-state index < -0.39 is 0 Å². The molecule has 1 aliphatic rings. The number of likely N-dealkylation sites (tertiary alicyclic amines) is 1. The summed E-state index contributed by atoms with van der Waals surface area (Å²) in [7, 11) is 7.81. The minimum atomic E-state index is -0.346. The third-order valence-corrected chi connectivity index (χ3v) is 3.90. The lowest BCUT2D eigenvalue weighted by Crippen LogP contribution is -2.51. The highest BCUT2D eigenvalue weighted by molar-refractivity contribution is 5.80. The van der Waals surface area contributed by atoms with Crippen LogP contribution in [0, 0.1) is 0 Å². The Morgan fingerprint density at radius 2 is 1.89 bits per heavy atom. The maximum Gasteiger partial charge on any atom is 0.251 e. The van der Waals surface area contributed by atoms with E-state index in [4.69, 9.17) is 4.74 Å². The number of likely N-dealkylation sites (N-methyl/N-ethyl adjacent to an activating group) is 1. The van der Waals surface area contributed by atoms with E-state index in [2.05, 4.69) is 16.8 Å². The Morgan fingerprint density at radius 3 is 2.37 bits per heavy atom. The zero-order valence-corrected chi connectivity index (χ0v) is 13.1. The Kier molecular flexibility index (Phi) is 6.75. The molecule has 1 atom stereocenters. The number of hydrogen-bond acceptors (Lipinski definition) is 4. The Balaban J connectivity index is 2.65. The van der Waals surface area contributed by atoms with Gasteiger partial charge in [-0.3, -0.25) is 4.79 Å². The fourth-order valence-electron chi connectivity index (χ4n) is 2.42. The molecule has 1 aliphatic heterocycles. The van der Waals surface area contributed by atoms with E-state index in [9.17, 15) is 4.79 Å². The lowest BCUT2D eigenvalue weighted by molar-refractivity contribution is -0.144. The Labute approximate surface area is 117 Å². The Hall–Kier alpha value is -0.650. The van der Waals surface area contributed by atoms with Crippen molar-refractivity contribution in [3.05, 3.63) is 0 Å². The first kappa shape index (κ1) is 16.4. The van der Waals surface area contributed by atoms with Crippen LogP contribution < -0.4 is 0 Å². The van der Waals surface area contributed by atoms with E-state index in [-0.39, 0.29) is 12.0 Å². The summed E-state index contributed by atoms with van der Waals surface area (Å²) in [5, 5.41) is 0. The van der Waals surface area contributed by atoms with E-state index in [0.717, 1.165) is 39.0 Å². The van der Waals surface area contributed by atoms with E-state index >= 15 is 0 Å². The van der Waals surface area contributed by atoms with Gasteiger partial charge in [-0.05, 0) is 54.0 Å². The van der Waals surface area contributed by atoms with Gasteiger partial charge in [0.2, 0.25) is 0 Å². The normalized spacial score (nSPS) is 19.7. The number of nitrogens with zero attached hydrogens (tertiary/aromatic N) is 3. The van der Waals surface area contributed by atoms with Crippen LogP contribution in [0.5, 0.6) is 0 Å². The SMILES string of the molecule is COC(C)C(=O)N(CCN(C)C)C1CCN(C)CC1. The van der Waals surface area contributed by atoms with E-state index in [0.29, 0.717) is 6.04 Å². The lowest BCUT2D eigenvalue weighted by Gasteiger charge is -2.38. The van der Waals surface area contributed by atoms with Crippen LogP contribution in [0.15, 0.2) is 0 Å². The molecule has 1 heterocycles. The van der Waals surface area contributed by atoms with Crippen LogP contribution >= 0.6 is 0 Å². The second kappa shape index (κ2) is 7.82. The van der Waals surface area contributed by atoms with Crippen molar-refractivity contribution in [2.24, 2.45) is 0 Å². The largest absolute Gasteiger partial charge is 0.372 e. The molecule has 0 bridgehead atoms. The van der Waals surface area contributed by atoms with Crippen LogP contribution in [-0.2, 0) is 9.53 Å². The fourth-order valence-corrected chi connectivity index (χ4v) is 2.42. The number of rotatable bonds is 6. The smallest absolute Gasteiger partial charge is 0.251 e. The van der Waals surface area contributed by atoms with E-state index in [1.165, 1.54) is 0 Å². The van der Waals surface area contributed by atoms with E-state index in [1.54, 1.807) is 7.11 Å². The van der Waals surface area contributed by atoms with Crippen LogP contribution in [-0.4, -0.2) is 87.2 Å². The molecular formula is C14H29N3O2. The summed E-state index contributed by atoms with van der Waals surface area (Å²) in [5.74, 6) is 0.124. The predicted molar refractivity (Wildman–Crippen MR) is 77.3 cm³/mol. The summed E-state index contributed by atoms with van der Waals surface area (Å²) >= 11 is 0. The van der Waals surface area contributed by atoms with Gasteiger partial charge in [-0.1, -0.05) is 0 Å². The molecule has 1 rings (SSSR count). The van der Waals surface area contributed by atoms with Gasteiger partial charge in [0.05, 0.1) is 0 Å². The summed E-state index contributed by atoms with van der Waals surface area (Å²) in [5.41, 5.74) is 0. The first-order chi connectivity index (χ1) is 8.95. The van der Waals surface area contributed by atoms with Gasteiger partial charge in [0.25, 0.3) is 5.91 Å². The second-order valence-corrected chi connectivity index (χ2v) is 5.75. The molecule has 0 aromatic carbocycles. The number of hydrogen-bond donors (Lipinski definition) is 0. The quantitative estimate of drug-likeness (QED) is 0.705. The molecule has 1 saturated heterocycles. The maximum atomic E-state index is 12.4. The average molecular weight is 271 g/mol. The summed E-state index contributed by atoms with van der Waals surface area (Å²) in [6.45, 7) is 5.65. The topological polar surface area (TPSA) is 36.0 Å². The monoisotopic (exact) mass is 271 g/mol. The molecule has 1 unspecified atom stereocenters. The van der Waals surface area contributed by atoms with Gasteiger partial charge in [0.15, 0.2) is 0 Å². The summed E-state index contributed by atoms with van der Waals surface area (Å²) < 4.78 is 5.20. The van der Waals surface area contributed by atoms with Gasteiger partial charge in [-0.15, -0.1) is 0 Å². The summed E-state index contributed by atoms with van der Waals surface area (Å²) in [6.07, 6.45) is 1.78. The highest BCUT2D eigenvalue weighted by Crippen LogP contribution is 2.17. The standard InChI is InChI=1S/C14H29N3O2/c1-12(19-5)14(18)17(11-10-15(2)3)13-6-8-16(4)9-7-13/h12-13H,6-11H2,1-5H3. The first-order valence-corrected chi connectivity index (χ1v) is 7.12. The predicted octanol–water partition coefficient (Wildman–Crippen LogP) is 0.506. The number of carbonyl (C=O) groups excluding carboxylic acids is 1. The molecule has 5 nitrogen and oxygen atoms in total. The van der Waals surface area contributed by atoms with Gasteiger partial charge in [-0.2, -0.15) is 0 Å². The van der Waals surface area contributed by atoms with Crippen LogP contribution in [0.4, 0.5) is 0 Å². The molecule has 0 N–H and O–H groups in total. The van der Waals surface area contributed by atoms with Crippen molar-refractivity contribution in [1.29, 1.82) is 0 Å². The molecule has 5 heteroatoms. The highest BCUT2D eigenvalue weighted by atomic mass is 16.5. The van der Waals surface area contributed by atoms with Crippen LogP contribution in [0.25, 0.3) is 0 Å². The Morgan fingerprint density at radius 1 is 1.32 bits per heavy atom. The van der Waals surface area contributed by atoms with Gasteiger partial charge >= 0.3 is 0 Å². The number of carbonyl (C=O) groups is 1. The molecule has 0 spiro atoms. The first-order valence-electron chi connectivity index (χ1n) is 7.12. The molecule has 19 heavy (non-hydrogen) atoms. The van der Waals surface area contributed by atoms with Gasteiger partial charge in [0, 0.05) is 26.2 Å². The van der Waals surface area contributed by atoms with Crippen molar-refractivity contribution in [2.45, 2.75) is 31.9 Å². The molecule has 0 aromatic rings. The van der Waals surface area contributed by atoms with E-state index in [1.807, 2.05) is 25.9 Å². The third-order valence-electron chi connectivity index (χ3n) is 3.90. The van der Waals surface area contributed by atoms with Crippen molar-refractivity contribution in [3.63, 3.8) is 0 Å². The molecule has 0 aromatic heterocycles. The van der Waals surface area contributed by atoms with Crippen LogP contribution in [0.1, 0.15) is 19.8 Å². The molecule has 112 valence electrons. The molecular weight excluding hydrogens is 242 g/mol. The van der Waals surface area contributed by atoms with Crippen molar-refractivity contribution in [2.75, 3.05) is 54.4 Å². The zero-order valence-electron chi connectivity index (χ0n) is 13.1. The molecule has 0 radical (unpaired) electrons. The average Bonchev–Trinajstić information content (AvgIpc) is 2.39. The van der Waals surface area contributed by atoms with Crippen molar-refractivity contribution in [3.8, 4) is 0 Å². The number of methoxy groups -OCH3 is 1. The van der Waals surface area contributed by atoms with Gasteiger partial charge < -0.3 is 19.4 Å². The minimum absolute atomic E-state index is 0.124. The number of amides is 1. The molecule has 1 fully saturated rings. The van der Waals surface area contributed by atoms with Crippen molar-refractivity contribution < 1.29 is 9.53 Å². The summed E-state index contributed by atoms with van der Waals surface area (Å²) in [6, 6.07) is 0.362. The van der Waals surface area contributed by atoms with Gasteiger partial charge in [-0.25, -0.2) is 0 Å². The summed E-state index contributed by atoms with van der Waals surface area (Å²) in [4.78, 5) is 18.9. The number of ether oxygens (including phenoxy) is 1. The molecule has 0 aliphatic carbocycles. The second-order valence-electron chi connectivity index (χ2n) is 5.75. The fraction of sp³-hybridized carbons (Fsp3) is 0.929.